The third-order valence-electron chi connectivity index (χ3n) is 3.41. The number of fused-ring (bicyclic) bond motifs is 3. The molecular weight excluding hydrogens is 306 g/mol. The fourth-order valence-corrected chi connectivity index (χ4v) is 3.45. The van der Waals surface area contributed by atoms with E-state index < -0.39 is 22.5 Å². The molecule has 3 aromatic rings. The molecular formula is C15H12NO5S-. The third-order valence-corrected chi connectivity index (χ3v) is 5.21. The largest absolute Gasteiger partial charge is 0.549 e. The van der Waals surface area contributed by atoms with Gasteiger partial charge in [-0.1, -0.05) is 18.2 Å². The summed E-state index contributed by atoms with van der Waals surface area (Å²) in [4.78, 5) is 10.6. The topological polar surface area (TPSA) is 90.7 Å². The van der Waals surface area contributed by atoms with Gasteiger partial charge < -0.3 is 14.3 Å². The normalized spacial score (nSPS) is 12.3. The summed E-state index contributed by atoms with van der Waals surface area (Å²) in [5, 5.41) is 12.1. The van der Waals surface area contributed by atoms with Gasteiger partial charge in [0.15, 0.2) is 0 Å². The van der Waals surface area contributed by atoms with Gasteiger partial charge in [0.25, 0.3) is 0 Å². The van der Waals surface area contributed by atoms with Gasteiger partial charge in [-0.25, -0.2) is 8.42 Å². The number of para-hydroxylation sites is 1. The zero-order valence-electron chi connectivity index (χ0n) is 11.6. The predicted molar refractivity (Wildman–Crippen MR) is 78.5 cm³/mol. The highest BCUT2D eigenvalue weighted by atomic mass is 32.2. The van der Waals surface area contributed by atoms with Crippen LogP contribution in [-0.2, 0) is 14.8 Å². The van der Waals surface area contributed by atoms with Crippen LogP contribution in [0.4, 0.5) is 0 Å². The van der Waals surface area contributed by atoms with E-state index in [0.29, 0.717) is 16.6 Å². The van der Waals surface area contributed by atoms with Crippen LogP contribution in [-0.4, -0.2) is 32.3 Å². The molecule has 22 heavy (non-hydrogen) atoms. The predicted octanol–water partition coefficient (Wildman–Crippen LogP) is 0.956. The van der Waals surface area contributed by atoms with Crippen molar-refractivity contribution in [3.05, 3.63) is 42.5 Å². The van der Waals surface area contributed by atoms with Crippen LogP contribution in [0.2, 0.25) is 0 Å². The Labute approximate surface area is 126 Å². The number of likely N-dealkylation sites (N-methyl/N-ethyl adjacent to an activating group) is 1. The van der Waals surface area contributed by atoms with Crippen molar-refractivity contribution < 1.29 is 22.7 Å². The number of benzene rings is 2. The zero-order chi connectivity index (χ0) is 15.9. The van der Waals surface area contributed by atoms with Gasteiger partial charge in [-0.05, 0) is 24.3 Å². The molecule has 0 saturated carbocycles. The van der Waals surface area contributed by atoms with Gasteiger partial charge in [-0.2, -0.15) is 4.31 Å². The lowest BCUT2D eigenvalue weighted by Gasteiger charge is -2.17. The summed E-state index contributed by atoms with van der Waals surface area (Å²) >= 11 is 0. The standard InChI is InChI=1S/C15H13NO5S/c1-16(9-15(17)18)22(19,20)10-6-7-14-12(8-10)11-4-2-3-5-13(11)21-14/h2-8H,9H2,1H3,(H,17,18)/p-1. The van der Waals surface area contributed by atoms with Crippen molar-refractivity contribution in [1.82, 2.24) is 4.31 Å². The first-order valence-corrected chi connectivity index (χ1v) is 7.91. The first-order valence-electron chi connectivity index (χ1n) is 6.47. The van der Waals surface area contributed by atoms with Gasteiger partial charge in [0, 0.05) is 17.8 Å². The molecule has 0 unspecified atom stereocenters. The maximum absolute atomic E-state index is 12.4. The molecule has 0 saturated heterocycles. The van der Waals surface area contributed by atoms with Crippen LogP contribution in [0, 0.1) is 0 Å². The third kappa shape index (κ3) is 2.34. The van der Waals surface area contributed by atoms with Crippen LogP contribution >= 0.6 is 0 Å². The summed E-state index contributed by atoms with van der Waals surface area (Å²) in [5.41, 5.74) is 1.23. The molecule has 1 heterocycles. The fourth-order valence-electron chi connectivity index (χ4n) is 2.31. The van der Waals surface area contributed by atoms with E-state index in [-0.39, 0.29) is 4.90 Å². The van der Waals surface area contributed by atoms with E-state index in [1.807, 2.05) is 18.2 Å². The Balaban J connectivity index is 2.15. The Morgan fingerprint density at radius 2 is 1.82 bits per heavy atom. The molecule has 0 aliphatic carbocycles. The summed E-state index contributed by atoms with van der Waals surface area (Å²) in [6.07, 6.45) is 0. The quantitative estimate of drug-likeness (QED) is 0.714. The van der Waals surface area contributed by atoms with Crippen molar-refractivity contribution in [2.45, 2.75) is 4.90 Å². The van der Waals surface area contributed by atoms with Crippen LogP contribution in [0.3, 0.4) is 0 Å². The minimum Gasteiger partial charge on any atom is -0.549 e. The van der Waals surface area contributed by atoms with E-state index in [1.165, 1.54) is 19.2 Å². The molecule has 0 spiro atoms. The van der Waals surface area contributed by atoms with Crippen molar-refractivity contribution in [1.29, 1.82) is 0 Å². The lowest BCUT2D eigenvalue weighted by atomic mass is 10.1. The molecule has 0 N–H and O–H groups in total. The van der Waals surface area contributed by atoms with Crippen LogP contribution in [0.15, 0.2) is 51.8 Å². The van der Waals surface area contributed by atoms with E-state index in [9.17, 15) is 18.3 Å². The molecule has 1 aromatic heterocycles. The maximum Gasteiger partial charge on any atom is 0.243 e. The average molecular weight is 318 g/mol. The highest BCUT2D eigenvalue weighted by Gasteiger charge is 2.22. The number of rotatable bonds is 4. The Morgan fingerprint density at radius 3 is 2.55 bits per heavy atom. The zero-order valence-corrected chi connectivity index (χ0v) is 12.5. The molecule has 0 fully saturated rings. The van der Waals surface area contributed by atoms with Crippen LogP contribution in [0.25, 0.3) is 21.9 Å². The van der Waals surface area contributed by atoms with E-state index in [0.717, 1.165) is 9.69 Å². The molecule has 0 aliphatic rings. The molecule has 0 aliphatic heterocycles. The number of carbonyl (C=O) groups is 1. The maximum atomic E-state index is 12.4. The number of carbonyl (C=O) groups excluding carboxylic acids is 1. The molecule has 114 valence electrons. The molecule has 3 rings (SSSR count). The Bertz CT molecular complexity index is 974. The Kier molecular flexibility index (Phi) is 3.38. The summed E-state index contributed by atoms with van der Waals surface area (Å²) in [6, 6.07) is 11.7. The minimum atomic E-state index is -3.90. The lowest BCUT2D eigenvalue weighted by Crippen LogP contribution is -2.39. The molecule has 0 radical (unpaired) electrons. The summed E-state index contributed by atoms with van der Waals surface area (Å²) in [5.74, 6) is -1.46. The monoisotopic (exact) mass is 318 g/mol. The summed E-state index contributed by atoms with van der Waals surface area (Å²) in [6.45, 7) is -0.702. The second-order valence-electron chi connectivity index (χ2n) is 4.89. The molecule has 0 amide bonds. The second-order valence-corrected chi connectivity index (χ2v) is 6.93. The van der Waals surface area contributed by atoms with Crippen molar-refractivity contribution in [3.8, 4) is 0 Å². The molecule has 0 bridgehead atoms. The first-order chi connectivity index (χ1) is 10.4. The SMILES string of the molecule is CN(CC(=O)[O-])S(=O)(=O)c1ccc2oc3ccccc3c2c1. The van der Waals surface area contributed by atoms with Gasteiger partial charge in [-0.15, -0.1) is 0 Å². The highest BCUT2D eigenvalue weighted by Crippen LogP contribution is 2.30. The Morgan fingerprint density at radius 1 is 1.14 bits per heavy atom. The van der Waals surface area contributed by atoms with Gasteiger partial charge in [0.1, 0.15) is 11.2 Å². The van der Waals surface area contributed by atoms with Gasteiger partial charge in [0.05, 0.1) is 17.4 Å². The Hall–Kier alpha value is -2.38. The number of carboxylic acid groups (broad SMARTS) is 1. The van der Waals surface area contributed by atoms with Crippen LogP contribution in [0.5, 0.6) is 0 Å². The number of sulfonamides is 1. The number of hydrogen-bond donors (Lipinski definition) is 0. The smallest absolute Gasteiger partial charge is 0.243 e. The van der Waals surface area contributed by atoms with Crippen molar-refractivity contribution in [2.75, 3.05) is 13.6 Å². The van der Waals surface area contributed by atoms with Crippen molar-refractivity contribution in [2.24, 2.45) is 0 Å². The molecule has 0 atom stereocenters. The minimum absolute atomic E-state index is 0.00954. The summed E-state index contributed by atoms with van der Waals surface area (Å²) < 4.78 is 31.1. The molecule has 7 heteroatoms. The van der Waals surface area contributed by atoms with E-state index >= 15 is 0 Å². The number of aliphatic carboxylic acids is 1. The van der Waals surface area contributed by atoms with Gasteiger partial charge >= 0.3 is 0 Å². The van der Waals surface area contributed by atoms with E-state index in [1.54, 1.807) is 12.1 Å². The second kappa shape index (κ2) is 5.11. The van der Waals surface area contributed by atoms with Gasteiger partial charge in [-0.3, -0.25) is 0 Å². The van der Waals surface area contributed by atoms with Crippen molar-refractivity contribution in [3.63, 3.8) is 0 Å². The summed E-state index contributed by atoms with van der Waals surface area (Å²) in [7, 11) is -2.70. The fraction of sp³-hybridized carbons (Fsp3) is 0.133. The number of carboxylic acids is 1. The van der Waals surface area contributed by atoms with E-state index in [4.69, 9.17) is 4.42 Å². The number of hydrogen-bond acceptors (Lipinski definition) is 5. The average Bonchev–Trinajstić information content (AvgIpc) is 2.84. The number of furan rings is 1. The highest BCUT2D eigenvalue weighted by molar-refractivity contribution is 7.89. The molecule has 2 aromatic carbocycles. The van der Waals surface area contributed by atoms with Gasteiger partial charge in [0.2, 0.25) is 10.0 Å². The van der Waals surface area contributed by atoms with Crippen LogP contribution < -0.4 is 5.11 Å². The number of nitrogens with zero attached hydrogens (tertiary/aromatic N) is 1. The van der Waals surface area contributed by atoms with Crippen molar-refractivity contribution >= 4 is 37.9 Å². The first kappa shape index (κ1) is 14.6. The van der Waals surface area contributed by atoms with E-state index in [2.05, 4.69) is 0 Å². The lowest BCUT2D eigenvalue weighted by molar-refractivity contribution is -0.305. The van der Waals surface area contributed by atoms with Crippen LogP contribution in [0.1, 0.15) is 0 Å². The molecule has 6 nitrogen and oxygen atoms in total.